The van der Waals surface area contributed by atoms with Gasteiger partial charge in [0.25, 0.3) is 0 Å². The first-order valence-corrected chi connectivity index (χ1v) is 8.23. The van der Waals surface area contributed by atoms with Crippen LogP contribution in [0.4, 0.5) is 0 Å². The first-order chi connectivity index (χ1) is 10.2. The Morgan fingerprint density at radius 2 is 2.19 bits per heavy atom. The van der Waals surface area contributed by atoms with Crippen molar-refractivity contribution in [1.29, 1.82) is 0 Å². The van der Waals surface area contributed by atoms with Crippen LogP contribution < -0.4 is 4.74 Å². The van der Waals surface area contributed by atoms with Gasteiger partial charge >= 0.3 is 0 Å². The molecule has 5 nitrogen and oxygen atoms in total. The minimum Gasteiger partial charge on any atom is -0.481 e. The van der Waals surface area contributed by atoms with E-state index in [1.54, 1.807) is 0 Å². The molecule has 0 saturated heterocycles. The maximum atomic E-state index is 11.7. The van der Waals surface area contributed by atoms with Gasteiger partial charge in [0.2, 0.25) is 0 Å². The normalized spacial score (nSPS) is 22.1. The van der Waals surface area contributed by atoms with Crippen LogP contribution in [0.5, 0.6) is 5.75 Å². The fraction of sp³-hybridized carbons (Fsp3) is 0.533. The van der Waals surface area contributed by atoms with Crippen molar-refractivity contribution >= 4 is 32.7 Å². The number of hydrogen-bond donors (Lipinski definition) is 0. The molecule has 1 aromatic heterocycles. The van der Waals surface area contributed by atoms with Crippen LogP contribution in [0.3, 0.4) is 0 Å². The fourth-order valence-electron chi connectivity index (χ4n) is 2.82. The molecule has 0 radical (unpaired) electrons. The minimum absolute atomic E-state index is 0.194. The summed E-state index contributed by atoms with van der Waals surface area (Å²) in [4.78, 5) is 11.7. The lowest BCUT2D eigenvalue weighted by Gasteiger charge is -2.13. The van der Waals surface area contributed by atoms with E-state index in [-0.39, 0.29) is 11.9 Å². The highest BCUT2D eigenvalue weighted by atomic mass is 79.9. The molecule has 110 valence electrons. The number of carbonyl (C=O) groups excluding carboxylic acids is 1. The number of halogens is 1. The summed E-state index contributed by atoms with van der Waals surface area (Å²) in [7, 11) is 0. The molecule has 6 heteroatoms. The first kappa shape index (κ1) is 13.2. The number of hydrogen-bond acceptors (Lipinski definition) is 4. The smallest absolute Gasteiger partial charge is 0.173 e. The standard InChI is InChI=1S/C15H16BrN3O2/c16-14-13(21-12-3-1-2-11(12)20)7-6-10-15(14)17-18-19(10)8-9-4-5-9/h6-7,9,12H,1-5,8H2. The Bertz CT molecular complexity index is 708. The number of ketones is 1. The summed E-state index contributed by atoms with van der Waals surface area (Å²) in [5, 5.41) is 8.49. The third kappa shape index (κ3) is 2.46. The average Bonchev–Trinajstić information content (AvgIpc) is 3.06. The Balaban J connectivity index is 1.64. The number of carbonyl (C=O) groups is 1. The molecule has 4 rings (SSSR count). The number of rotatable bonds is 4. The van der Waals surface area contributed by atoms with Gasteiger partial charge in [-0.2, -0.15) is 0 Å². The van der Waals surface area contributed by atoms with Crippen LogP contribution in [0.25, 0.3) is 11.0 Å². The van der Waals surface area contributed by atoms with E-state index in [2.05, 4.69) is 26.2 Å². The molecule has 0 amide bonds. The van der Waals surface area contributed by atoms with Gasteiger partial charge in [0.05, 0.1) is 9.99 Å². The summed E-state index contributed by atoms with van der Waals surface area (Å²) in [5.74, 6) is 1.63. The number of aromatic nitrogens is 3. The summed E-state index contributed by atoms with van der Waals surface area (Å²) < 4.78 is 8.61. The lowest BCUT2D eigenvalue weighted by atomic mass is 10.2. The van der Waals surface area contributed by atoms with Crippen molar-refractivity contribution in [2.24, 2.45) is 5.92 Å². The molecule has 1 unspecified atom stereocenters. The monoisotopic (exact) mass is 349 g/mol. The van der Waals surface area contributed by atoms with E-state index >= 15 is 0 Å². The molecule has 0 N–H and O–H groups in total. The van der Waals surface area contributed by atoms with Crippen LogP contribution in [-0.4, -0.2) is 26.9 Å². The van der Waals surface area contributed by atoms with Crippen LogP contribution in [0, 0.1) is 5.92 Å². The topological polar surface area (TPSA) is 57.0 Å². The quantitative estimate of drug-likeness (QED) is 0.850. The Morgan fingerprint density at radius 3 is 2.90 bits per heavy atom. The van der Waals surface area contributed by atoms with Crippen LogP contribution in [-0.2, 0) is 11.3 Å². The van der Waals surface area contributed by atoms with E-state index in [1.807, 2.05) is 16.8 Å². The molecule has 0 spiro atoms. The summed E-state index contributed by atoms with van der Waals surface area (Å²) in [5.41, 5.74) is 1.82. The van der Waals surface area contributed by atoms with Gasteiger partial charge in [-0.25, -0.2) is 4.68 Å². The third-order valence-corrected chi connectivity index (χ3v) is 5.00. The number of fused-ring (bicyclic) bond motifs is 1. The van der Waals surface area contributed by atoms with Crippen molar-refractivity contribution in [3.8, 4) is 5.75 Å². The molecule has 21 heavy (non-hydrogen) atoms. The zero-order valence-corrected chi connectivity index (χ0v) is 13.2. The predicted octanol–water partition coefficient (Wildman–Crippen LogP) is 3.10. The summed E-state index contributed by atoms with van der Waals surface area (Å²) in [6, 6.07) is 3.89. The van der Waals surface area contributed by atoms with Crippen molar-refractivity contribution < 1.29 is 9.53 Å². The lowest BCUT2D eigenvalue weighted by molar-refractivity contribution is -0.123. The molecule has 2 aliphatic carbocycles. The molecule has 2 aromatic rings. The van der Waals surface area contributed by atoms with Crippen molar-refractivity contribution in [2.45, 2.75) is 44.8 Å². The van der Waals surface area contributed by atoms with E-state index < -0.39 is 0 Å². The zero-order chi connectivity index (χ0) is 14.4. The molecule has 1 atom stereocenters. The van der Waals surface area contributed by atoms with E-state index in [1.165, 1.54) is 12.8 Å². The van der Waals surface area contributed by atoms with Crippen molar-refractivity contribution in [3.63, 3.8) is 0 Å². The SMILES string of the molecule is O=C1CCCC1Oc1ccc2c(nnn2CC2CC2)c1Br. The van der Waals surface area contributed by atoms with Gasteiger partial charge in [0.1, 0.15) is 11.3 Å². The van der Waals surface area contributed by atoms with Gasteiger partial charge in [-0.3, -0.25) is 4.79 Å². The predicted molar refractivity (Wildman–Crippen MR) is 81.2 cm³/mol. The largest absolute Gasteiger partial charge is 0.481 e. The number of nitrogens with zero attached hydrogens (tertiary/aromatic N) is 3. The second-order valence-electron chi connectivity index (χ2n) is 5.93. The van der Waals surface area contributed by atoms with E-state index in [0.717, 1.165) is 40.8 Å². The van der Waals surface area contributed by atoms with Crippen LogP contribution >= 0.6 is 15.9 Å². The van der Waals surface area contributed by atoms with Crippen LogP contribution in [0.2, 0.25) is 0 Å². The first-order valence-electron chi connectivity index (χ1n) is 7.43. The Kier molecular flexibility index (Phi) is 3.21. The maximum Gasteiger partial charge on any atom is 0.173 e. The van der Waals surface area contributed by atoms with Crippen LogP contribution in [0.1, 0.15) is 32.1 Å². The third-order valence-electron chi connectivity index (χ3n) is 4.24. The molecule has 1 aromatic carbocycles. The van der Waals surface area contributed by atoms with Gasteiger partial charge < -0.3 is 4.74 Å². The van der Waals surface area contributed by atoms with E-state index in [4.69, 9.17) is 4.74 Å². The molecule has 2 saturated carbocycles. The second-order valence-corrected chi connectivity index (χ2v) is 6.72. The summed E-state index contributed by atoms with van der Waals surface area (Å²) in [6.07, 6.45) is 4.61. The minimum atomic E-state index is -0.305. The average molecular weight is 350 g/mol. The van der Waals surface area contributed by atoms with E-state index in [0.29, 0.717) is 12.2 Å². The van der Waals surface area contributed by atoms with Crippen LogP contribution in [0.15, 0.2) is 16.6 Å². The molecule has 2 aliphatic rings. The maximum absolute atomic E-state index is 11.7. The molecule has 2 fully saturated rings. The highest BCUT2D eigenvalue weighted by Crippen LogP contribution is 2.36. The number of benzene rings is 1. The molecule has 0 bridgehead atoms. The molecular weight excluding hydrogens is 334 g/mol. The van der Waals surface area contributed by atoms with Gasteiger partial charge in [-0.15, -0.1) is 5.10 Å². The highest BCUT2D eigenvalue weighted by molar-refractivity contribution is 9.10. The van der Waals surface area contributed by atoms with Crippen molar-refractivity contribution in [2.75, 3.05) is 0 Å². The number of Topliss-reactive ketones (excluding diaryl/α,β-unsaturated/α-hetero) is 1. The Hall–Kier alpha value is -1.43. The lowest BCUT2D eigenvalue weighted by Crippen LogP contribution is -2.21. The zero-order valence-electron chi connectivity index (χ0n) is 11.6. The Morgan fingerprint density at radius 1 is 1.33 bits per heavy atom. The highest BCUT2D eigenvalue weighted by Gasteiger charge is 2.28. The molecular formula is C15H16BrN3O2. The van der Waals surface area contributed by atoms with E-state index in [9.17, 15) is 4.79 Å². The fourth-order valence-corrected chi connectivity index (χ4v) is 3.33. The second kappa shape index (κ2) is 5.09. The van der Waals surface area contributed by atoms with Gasteiger partial charge in [-0.1, -0.05) is 5.21 Å². The summed E-state index contributed by atoms with van der Waals surface area (Å²) >= 11 is 3.55. The van der Waals surface area contributed by atoms with Crippen molar-refractivity contribution in [1.82, 2.24) is 15.0 Å². The van der Waals surface area contributed by atoms with Gasteiger partial charge in [-0.05, 0) is 59.7 Å². The van der Waals surface area contributed by atoms with Gasteiger partial charge in [0, 0.05) is 13.0 Å². The number of ether oxygens (including phenoxy) is 1. The molecule has 0 aliphatic heterocycles. The van der Waals surface area contributed by atoms with Gasteiger partial charge in [0.15, 0.2) is 11.9 Å². The summed E-state index contributed by atoms with van der Waals surface area (Å²) in [6.45, 7) is 0.935. The Labute approximate surface area is 130 Å². The van der Waals surface area contributed by atoms with Crippen molar-refractivity contribution in [3.05, 3.63) is 16.6 Å². The molecule has 1 heterocycles.